The summed E-state index contributed by atoms with van der Waals surface area (Å²) in [5.41, 5.74) is 1.66. The second-order valence-corrected chi connectivity index (χ2v) is 10.2. The van der Waals surface area contributed by atoms with Crippen molar-refractivity contribution in [2.24, 2.45) is 0 Å². The molecule has 1 amide bonds. The Hall–Kier alpha value is -3.01. The number of likely N-dealkylation sites (tertiary alicyclic amines) is 1. The highest BCUT2D eigenvalue weighted by atomic mass is 16.5. The maximum absolute atomic E-state index is 13.2. The Balaban J connectivity index is 1.42. The maximum Gasteiger partial charge on any atom is 0.298 e. The number of likely N-dealkylation sites (N-methyl/N-ethyl adjacent to an activating group) is 2. The second kappa shape index (κ2) is 7.49. The molecule has 1 saturated heterocycles. The van der Waals surface area contributed by atoms with Crippen LogP contribution in [0.15, 0.2) is 42.5 Å². The first-order valence-corrected chi connectivity index (χ1v) is 12.0. The van der Waals surface area contributed by atoms with Crippen LogP contribution in [0.1, 0.15) is 36.0 Å². The van der Waals surface area contributed by atoms with Crippen LogP contribution in [0.3, 0.4) is 0 Å². The average molecular weight is 459 g/mol. The molecule has 4 aliphatic rings. The largest absolute Gasteiger partial charge is 0.493 e. The number of hydrogen-bond acceptors (Lipinski definition) is 5. The van der Waals surface area contributed by atoms with E-state index in [4.69, 9.17) is 9.47 Å². The molecular formula is C28H30N2O4. The number of ether oxygens (including phenoxy) is 2. The third-order valence-corrected chi connectivity index (χ3v) is 8.81. The van der Waals surface area contributed by atoms with Crippen LogP contribution in [-0.4, -0.2) is 72.4 Å². The standard InChI is InChI=1S/C28H30N2O4/c1-29-16-15-27-24-19-10-11-21(33-3)25(24)34-26(27)20(13-14-28(27,32)22(29)17-19)30(2)23(31)12-9-18-7-5-4-6-8-18/h4-8,10-11,20,22,26,32H,13-17H2,1-3H3/t20-,22-,26+,27+,28-/m1/s1. The van der Waals surface area contributed by atoms with Crippen LogP contribution in [0, 0.1) is 11.8 Å². The first-order chi connectivity index (χ1) is 16.4. The van der Waals surface area contributed by atoms with Crippen molar-refractivity contribution in [3.8, 4) is 23.3 Å². The van der Waals surface area contributed by atoms with Crippen LogP contribution >= 0.6 is 0 Å². The minimum atomic E-state index is -0.911. The van der Waals surface area contributed by atoms with Gasteiger partial charge in [-0.3, -0.25) is 4.79 Å². The van der Waals surface area contributed by atoms with E-state index in [0.29, 0.717) is 18.6 Å². The van der Waals surface area contributed by atoms with Crippen molar-refractivity contribution in [1.29, 1.82) is 0 Å². The van der Waals surface area contributed by atoms with Crippen LogP contribution in [0.4, 0.5) is 0 Å². The number of nitrogens with zero attached hydrogens (tertiary/aromatic N) is 2. The number of hydrogen-bond donors (Lipinski definition) is 1. The minimum Gasteiger partial charge on any atom is -0.493 e. The summed E-state index contributed by atoms with van der Waals surface area (Å²) in [5, 5.41) is 12.3. The van der Waals surface area contributed by atoms with Crippen LogP contribution in [0.2, 0.25) is 0 Å². The molecule has 2 aromatic rings. The van der Waals surface area contributed by atoms with Crippen molar-refractivity contribution < 1.29 is 19.4 Å². The molecule has 1 saturated carbocycles. The van der Waals surface area contributed by atoms with Gasteiger partial charge in [0.05, 0.1) is 24.2 Å². The van der Waals surface area contributed by atoms with E-state index >= 15 is 0 Å². The Kier molecular flexibility index (Phi) is 4.74. The monoisotopic (exact) mass is 458 g/mol. The van der Waals surface area contributed by atoms with Gasteiger partial charge in [0.1, 0.15) is 6.10 Å². The molecule has 176 valence electrons. The van der Waals surface area contributed by atoms with E-state index in [-0.39, 0.29) is 24.1 Å². The molecule has 2 aliphatic heterocycles. The SMILES string of the molecule is COc1ccc2c3c1O[C@H]1[C@H](N(C)C(=O)C#Cc4ccccc4)CC[C@@]4(O)[C@@H](C2)N(C)CC[C@]314. The Morgan fingerprint density at radius 2 is 2.03 bits per heavy atom. The number of methoxy groups -OCH3 is 1. The molecule has 2 bridgehead atoms. The number of benzene rings is 2. The number of piperidine rings is 1. The Bertz CT molecular complexity index is 1220. The summed E-state index contributed by atoms with van der Waals surface area (Å²) in [6.45, 7) is 0.876. The van der Waals surface area contributed by atoms with E-state index in [2.05, 4.69) is 29.9 Å². The zero-order valence-corrected chi connectivity index (χ0v) is 19.9. The molecule has 6 rings (SSSR count). The molecule has 2 heterocycles. The van der Waals surface area contributed by atoms with Gasteiger partial charge in [-0.2, -0.15) is 0 Å². The highest BCUT2D eigenvalue weighted by molar-refractivity contribution is 5.94. The number of carbonyl (C=O) groups excluding carboxylic acids is 1. The summed E-state index contributed by atoms with van der Waals surface area (Å²) in [5.74, 6) is 7.00. The highest BCUT2D eigenvalue weighted by Crippen LogP contribution is 2.65. The van der Waals surface area contributed by atoms with Crippen molar-refractivity contribution >= 4 is 5.91 Å². The minimum absolute atomic E-state index is 0.0269. The van der Waals surface area contributed by atoms with Gasteiger partial charge < -0.3 is 24.4 Å². The molecule has 2 fully saturated rings. The van der Waals surface area contributed by atoms with Crippen molar-refractivity contribution in [3.63, 3.8) is 0 Å². The van der Waals surface area contributed by atoms with Gasteiger partial charge in [0.25, 0.3) is 5.91 Å². The number of rotatable bonds is 2. The Labute approximate surface area is 200 Å². The van der Waals surface area contributed by atoms with Crippen LogP contribution < -0.4 is 9.47 Å². The second-order valence-electron chi connectivity index (χ2n) is 10.2. The highest BCUT2D eigenvalue weighted by Gasteiger charge is 2.73. The van der Waals surface area contributed by atoms with Crippen molar-refractivity contribution in [2.45, 2.75) is 54.9 Å². The topological polar surface area (TPSA) is 62.2 Å². The predicted molar refractivity (Wildman–Crippen MR) is 128 cm³/mol. The molecular weight excluding hydrogens is 428 g/mol. The zero-order valence-electron chi connectivity index (χ0n) is 19.9. The van der Waals surface area contributed by atoms with Gasteiger partial charge in [-0.05, 0) is 63.0 Å². The lowest BCUT2D eigenvalue weighted by molar-refractivity contribution is -0.195. The van der Waals surface area contributed by atoms with E-state index < -0.39 is 11.0 Å². The van der Waals surface area contributed by atoms with Crippen molar-refractivity contribution in [2.75, 3.05) is 27.7 Å². The van der Waals surface area contributed by atoms with Gasteiger partial charge in [-0.1, -0.05) is 30.2 Å². The van der Waals surface area contributed by atoms with Gasteiger partial charge >= 0.3 is 0 Å². The van der Waals surface area contributed by atoms with Gasteiger partial charge in [0.2, 0.25) is 0 Å². The van der Waals surface area contributed by atoms with E-state index in [0.717, 1.165) is 36.3 Å². The Morgan fingerprint density at radius 3 is 2.79 bits per heavy atom. The zero-order chi connectivity index (χ0) is 23.7. The van der Waals surface area contributed by atoms with Gasteiger partial charge in [0.15, 0.2) is 11.5 Å². The average Bonchev–Trinajstić information content (AvgIpc) is 3.20. The van der Waals surface area contributed by atoms with Crippen molar-refractivity contribution in [1.82, 2.24) is 9.80 Å². The predicted octanol–water partition coefficient (Wildman–Crippen LogP) is 2.36. The van der Waals surface area contributed by atoms with Crippen LogP contribution in [-0.2, 0) is 16.6 Å². The molecule has 0 aromatic heterocycles. The number of aliphatic hydroxyl groups is 1. The summed E-state index contributed by atoms with van der Waals surface area (Å²) < 4.78 is 12.4. The van der Waals surface area contributed by atoms with Gasteiger partial charge in [0, 0.05) is 30.1 Å². The maximum atomic E-state index is 13.2. The molecule has 34 heavy (non-hydrogen) atoms. The molecule has 0 radical (unpaired) electrons. The van der Waals surface area contributed by atoms with E-state index in [1.807, 2.05) is 43.4 Å². The lowest BCUT2D eigenvalue weighted by Gasteiger charge is -2.64. The first kappa shape index (κ1) is 21.5. The molecule has 1 spiro atoms. The van der Waals surface area contributed by atoms with Gasteiger partial charge in [-0.15, -0.1) is 0 Å². The molecule has 2 aromatic carbocycles. The molecule has 1 N–H and O–H groups in total. The normalized spacial score (nSPS) is 32.6. The fraction of sp³-hybridized carbons (Fsp3) is 0.464. The molecule has 0 unspecified atom stereocenters. The first-order valence-electron chi connectivity index (χ1n) is 12.0. The van der Waals surface area contributed by atoms with Crippen molar-refractivity contribution in [3.05, 3.63) is 59.2 Å². The third-order valence-electron chi connectivity index (χ3n) is 8.81. The quantitative estimate of drug-likeness (QED) is 0.701. The molecule has 2 aliphatic carbocycles. The summed E-state index contributed by atoms with van der Waals surface area (Å²) >= 11 is 0. The Morgan fingerprint density at radius 1 is 1.24 bits per heavy atom. The third kappa shape index (κ3) is 2.68. The number of carbonyl (C=O) groups is 1. The molecule has 5 atom stereocenters. The lowest BCUT2D eigenvalue weighted by atomic mass is 9.48. The number of amides is 1. The van der Waals surface area contributed by atoms with Crippen LogP contribution in [0.25, 0.3) is 0 Å². The fourth-order valence-corrected chi connectivity index (χ4v) is 7.16. The van der Waals surface area contributed by atoms with Crippen LogP contribution in [0.5, 0.6) is 11.5 Å². The smallest absolute Gasteiger partial charge is 0.298 e. The summed E-state index contributed by atoms with van der Waals surface area (Å²) in [6.07, 6.45) is 2.50. The van der Waals surface area contributed by atoms with Gasteiger partial charge in [-0.25, -0.2) is 0 Å². The van der Waals surface area contributed by atoms with E-state index in [1.54, 1.807) is 12.0 Å². The van der Waals surface area contributed by atoms with E-state index in [1.165, 1.54) is 5.56 Å². The van der Waals surface area contributed by atoms with E-state index in [9.17, 15) is 9.90 Å². The molecule has 6 heteroatoms. The lowest BCUT2D eigenvalue weighted by Crippen LogP contribution is -2.77. The fourth-order valence-electron chi connectivity index (χ4n) is 7.16. The summed E-state index contributed by atoms with van der Waals surface area (Å²) in [4.78, 5) is 17.2. The molecule has 6 nitrogen and oxygen atoms in total. The summed E-state index contributed by atoms with van der Waals surface area (Å²) in [7, 11) is 5.57. The summed E-state index contributed by atoms with van der Waals surface area (Å²) in [6, 6.07) is 13.5.